The van der Waals surface area contributed by atoms with Gasteiger partial charge in [-0.15, -0.1) is 0 Å². The van der Waals surface area contributed by atoms with Gasteiger partial charge in [-0.3, -0.25) is 14.8 Å². The second kappa shape index (κ2) is 3.06. The highest BCUT2D eigenvalue weighted by atomic mass is 79.9. The largest absolute Gasteiger partial charge is 0.272 e. The van der Waals surface area contributed by atoms with Crippen LogP contribution >= 0.6 is 15.9 Å². The summed E-state index contributed by atoms with van der Waals surface area (Å²) in [4.78, 5) is 10.2. The molecule has 0 spiro atoms. The SMILES string of the molecule is Cn1ncc2c(Br)cc([N+](=O)[O-])cc21. The van der Waals surface area contributed by atoms with Crippen LogP contribution in [-0.2, 0) is 7.05 Å². The Kier molecular flexibility index (Phi) is 1.99. The van der Waals surface area contributed by atoms with Crippen molar-refractivity contribution >= 4 is 32.5 Å². The summed E-state index contributed by atoms with van der Waals surface area (Å²) in [5.41, 5.74) is 0.805. The Morgan fingerprint density at radius 3 is 2.93 bits per heavy atom. The maximum absolute atomic E-state index is 10.6. The number of hydrogen-bond acceptors (Lipinski definition) is 3. The van der Waals surface area contributed by atoms with Gasteiger partial charge in [0.25, 0.3) is 5.69 Å². The van der Waals surface area contributed by atoms with E-state index in [1.807, 2.05) is 0 Å². The molecule has 0 aliphatic rings. The average Bonchev–Trinajstić information content (AvgIpc) is 2.48. The lowest BCUT2D eigenvalue weighted by Crippen LogP contribution is -1.92. The maximum Gasteiger partial charge on any atom is 0.272 e. The Morgan fingerprint density at radius 1 is 1.57 bits per heavy atom. The quantitative estimate of drug-likeness (QED) is 0.580. The number of non-ortho nitro benzene ring substituents is 1. The van der Waals surface area contributed by atoms with E-state index in [2.05, 4.69) is 21.0 Å². The van der Waals surface area contributed by atoms with E-state index < -0.39 is 4.92 Å². The van der Waals surface area contributed by atoms with E-state index >= 15 is 0 Å². The second-order valence-corrected chi connectivity index (χ2v) is 3.74. The van der Waals surface area contributed by atoms with Gasteiger partial charge < -0.3 is 0 Å². The highest BCUT2D eigenvalue weighted by Crippen LogP contribution is 2.28. The number of nitro benzene ring substituents is 1. The fourth-order valence-corrected chi connectivity index (χ4v) is 1.84. The molecule has 0 amide bonds. The number of rotatable bonds is 1. The first kappa shape index (κ1) is 9.14. The number of nitro groups is 1. The topological polar surface area (TPSA) is 61.0 Å². The van der Waals surface area contributed by atoms with Gasteiger partial charge >= 0.3 is 0 Å². The molecule has 0 fully saturated rings. The highest BCUT2D eigenvalue weighted by molar-refractivity contribution is 9.10. The number of halogens is 1. The summed E-state index contributed by atoms with van der Waals surface area (Å²) in [6, 6.07) is 2.98. The van der Waals surface area contributed by atoms with Crippen LogP contribution in [0.3, 0.4) is 0 Å². The number of hydrogen-bond donors (Lipinski definition) is 0. The fourth-order valence-electron chi connectivity index (χ4n) is 1.30. The smallest absolute Gasteiger partial charge is 0.268 e. The first-order valence-corrected chi connectivity index (χ1v) is 4.64. The summed E-state index contributed by atoms with van der Waals surface area (Å²) in [6.45, 7) is 0. The van der Waals surface area contributed by atoms with Crippen molar-refractivity contribution in [3.05, 3.63) is 32.9 Å². The minimum Gasteiger partial charge on any atom is -0.268 e. The van der Waals surface area contributed by atoms with Crippen molar-refractivity contribution in [1.29, 1.82) is 0 Å². The van der Waals surface area contributed by atoms with Crippen LogP contribution in [0.5, 0.6) is 0 Å². The Balaban J connectivity index is 2.82. The third kappa shape index (κ3) is 1.27. The lowest BCUT2D eigenvalue weighted by molar-refractivity contribution is -0.384. The Hall–Kier alpha value is -1.43. The van der Waals surface area contributed by atoms with E-state index in [0.29, 0.717) is 4.47 Å². The van der Waals surface area contributed by atoms with Gasteiger partial charge in [0, 0.05) is 29.0 Å². The van der Waals surface area contributed by atoms with Gasteiger partial charge in [0.1, 0.15) is 0 Å². The second-order valence-electron chi connectivity index (χ2n) is 2.89. The zero-order valence-electron chi connectivity index (χ0n) is 7.27. The van der Waals surface area contributed by atoms with E-state index in [1.54, 1.807) is 17.9 Å². The molecule has 1 aromatic carbocycles. The van der Waals surface area contributed by atoms with Crippen molar-refractivity contribution in [3.8, 4) is 0 Å². The molecule has 14 heavy (non-hydrogen) atoms. The summed E-state index contributed by atoms with van der Waals surface area (Å²) < 4.78 is 2.29. The van der Waals surface area contributed by atoms with Crippen molar-refractivity contribution in [3.63, 3.8) is 0 Å². The number of benzene rings is 1. The Bertz CT molecular complexity index is 521. The van der Waals surface area contributed by atoms with E-state index in [-0.39, 0.29) is 5.69 Å². The molecule has 2 rings (SSSR count). The molecular weight excluding hydrogens is 250 g/mol. The van der Waals surface area contributed by atoms with Crippen LogP contribution in [0.1, 0.15) is 0 Å². The molecule has 0 saturated carbocycles. The summed E-state index contributed by atoms with van der Waals surface area (Å²) in [7, 11) is 1.75. The van der Waals surface area contributed by atoms with Crippen molar-refractivity contribution in [1.82, 2.24) is 9.78 Å². The number of nitrogens with zero attached hydrogens (tertiary/aromatic N) is 3. The molecule has 1 heterocycles. The van der Waals surface area contributed by atoms with Crippen LogP contribution in [0.2, 0.25) is 0 Å². The Morgan fingerprint density at radius 2 is 2.29 bits per heavy atom. The fraction of sp³-hybridized carbons (Fsp3) is 0.125. The lowest BCUT2D eigenvalue weighted by atomic mass is 10.2. The van der Waals surface area contributed by atoms with Gasteiger partial charge in [-0.05, 0) is 15.9 Å². The zero-order chi connectivity index (χ0) is 10.3. The van der Waals surface area contributed by atoms with Crippen LogP contribution in [0.15, 0.2) is 22.8 Å². The molecule has 2 aromatic rings. The molecule has 0 saturated heterocycles. The van der Waals surface area contributed by atoms with Crippen LogP contribution in [0.4, 0.5) is 5.69 Å². The molecule has 0 unspecified atom stereocenters. The van der Waals surface area contributed by atoms with Gasteiger partial charge in [-0.1, -0.05) is 0 Å². The number of aryl methyl sites for hydroxylation is 1. The molecule has 0 aliphatic carbocycles. The lowest BCUT2D eigenvalue weighted by Gasteiger charge is -1.97. The van der Waals surface area contributed by atoms with E-state index in [4.69, 9.17) is 0 Å². The van der Waals surface area contributed by atoms with Crippen molar-refractivity contribution in [2.75, 3.05) is 0 Å². The minimum absolute atomic E-state index is 0.0629. The van der Waals surface area contributed by atoms with Crippen LogP contribution in [-0.4, -0.2) is 14.7 Å². The number of aromatic nitrogens is 2. The van der Waals surface area contributed by atoms with Crippen LogP contribution in [0, 0.1) is 10.1 Å². The zero-order valence-corrected chi connectivity index (χ0v) is 8.85. The van der Waals surface area contributed by atoms with Gasteiger partial charge in [0.05, 0.1) is 16.6 Å². The summed E-state index contributed by atoms with van der Waals surface area (Å²) in [5.74, 6) is 0. The van der Waals surface area contributed by atoms with Gasteiger partial charge in [0.15, 0.2) is 0 Å². The predicted octanol–water partition coefficient (Wildman–Crippen LogP) is 2.24. The van der Waals surface area contributed by atoms with E-state index in [1.165, 1.54) is 12.1 Å². The van der Waals surface area contributed by atoms with Crippen molar-refractivity contribution in [2.45, 2.75) is 0 Å². The molecule has 0 atom stereocenters. The molecule has 72 valence electrons. The summed E-state index contributed by atoms with van der Waals surface area (Å²) in [5, 5.41) is 15.5. The van der Waals surface area contributed by atoms with Gasteiger partial charge in [-0.2, -0.15) is 5.10 Å². The third-order valence-electron chi connectivity index (χ3n) is 2.01. The first-order valence-electron chi connectivity index (χ1n) is 3.85. The third-order valence-corrected chi connectivity index (χ3v) is 2.67. The first-order chi connectivity index (χ1) is 6.59. The van der Waals surface area contributed by atoms with Gasteiger partial charge in [-0.25, -0.2) is 0 Å². The van der Waals surface area contributed by atoms with E-state index in [9.17, 15) is 10.1 Å². The molecule has 0 bridgehead atoms. The predicted molar refractivity (Wildman–Crippen MR) is 55.1 cm³/mol. The van der Waals surface area contributed by atoms with Crippen LogP contribution in [0.25, 0.3) is 10.9 Å². The average molecular weight is 256 g/mol. The van der Waals surface area contributed by atoms with Crippen LogP contribution < -0.4 is 0 Å². The molecule has 0 aliphatic heterocycles. The molecule has 0 N–H and O–H groups in total. The standard InChI is InChI=1S/C8H6BrN3O2/c1-11-8-3-5(12(13)14)2-7(9)6(8)4-10-11/h2-4H,1H3. The number of fused-ring (bicyclic) bond motifs is 1. The normalized spacial score (nSPS) is 10.7. The molecule has 1 aromatic heterocycles. The molecule has 0 radical (unpaired) electrons. The molecular formula is C8H6BrN3O2. The maximum atomic E-state index is 10.6. The summed E-state index contributed by atoms with van der Waals surface area (Å²) in [6.07, 6.45) is 1.67. The van der Waals surface area contributed by atoms with E-state index in [0.717, 1.165) is 10.9 Å². The van der Waals surface area contributed by atoms with Crippen molar-refractivity contribution < 1.29 is 4.92 Å². The molecule has 5 nitrogen and oxygen atoms in total. The summed E-state index contributed by atoms with van der Waals surface area (Å²) >= 11 is 3.27. The van der Waals surface area contributed by atoms with Crippen molar-refractivity contribution in [2.24, 2.45) is 7.05 Å². The van der Waals surface area contributed by atoms with Gasteiger partial charge in [0.2, 0.25) is 0 Å². The monoisotopic (exact) mass is 255 g/mol. The highest BCUT2D eigenvalue weighted by Gasteiger charge is 2.12. The molecule has 6 heteroatoms. The Labute approximate surface area is 87.6 Å². The minimum atomic E-state index is -0.419.